The van der Waals surface area contributed by atoms with Crippen molar-refractivity contribution in [3.8, 4) is 0 Å². The molecule has 0 saturated carbocycles. The van der Waals surface area contributed by atoms with Gasteiger partial charge in [0.25, 0.3) is 5.91 Å². The standard InChI is InChI=1S/C13H19N3O3S/c1-9-7-11-8-10(13(17)14-15(2)3)5-6-12(11)16(9)20(4,18)19/h5-6,8-9H,7H2,1-4H3,(H,14,17)/t9-/m0/s1. The minimum Gasteiger partial charge on any atom is -0.285 e. The molecule has 1 aromatic rings. The maximum absolute atomic E-state index is 11.9. The number of carbonyl (C=O) groups is 1. The second kappa shape index (κ2) is 5.06. The zero-order chi connectivity index (χ0) is 15.1. The number of nitrogens with zero attached hydrogens (tertiary/aromatic N) is 2. The first-order chi connectivity index (χ1) is 9.20. The van der Waals surface area contributed by atoms with Crippen molar-refractivity contribution in [2.45, 2.75) is 19.4 Å². The minimum atomic E-state index is -3.29. The second-order valence-corrected chi connectivity index (χ2v) is 7.15. The van der Waals surface area contributed by atoms with Crippen molar-refractivity contribution in [1.29, 1.82) is 0 Å². The monoisotopic (exact) mass is 297 g/mol. The quantitative estimate of drug-likeness (QED) is 0.830. The molecule has 1 N–H and O–H groups in total. The van der Waals surface area contributed by atoms with E-state index in [2.05, 4.69) is 5.43 Å². The number of amides is 1. The Morgan fingerprint density at radius 1 is 1.40 bits per heavy atom. The van der Waals surface area contributed by atoms with Crippen molar-refractivity contribution in [3.63, 3.8) is 0 Å². The highest BCUT2D eigenvalue weighted by Crippen LogP contribution is 2.34. The normalized spacial score (nSPS) is 18.2. The third kappa shape index (κ3) is 2.78. The molecule has 1 aliphatic rings. The summed E-state index contributed by atoms with van der Waals surface area (Å²) >= 11 is 0. The summed E-state index contributed by atoms with van der Waals surface area (Å²) in [7, 11) is 0.177. The molecule has 7 heteroatoms. The average molecular weight is 297 g/mol. The van der Waals surface area contributed by atoms with Crippen LogP contribution in [0.4, 0.5) is 5.69 Å². The number of nitrogens with one attached hydrogen (secondary N) is 1. The molecule has 1 amide bonds. The van der Waals surface area contributed by atoms with Crippen molar-refractivity contribution in [2.75, 3.05) is 24.7 Å². The zero-order valence-electron chi connectivity index (χ0n) is 12.0. The largest absolute Gasteiger partial charge is 0.285 e. The van der Waals surface area contributed by atoms with Crippen molar-refractivity contribution in [2.24, 2.45) is 0 Å². The number of hydrazine groups is 1. The molecule has 0 radical (unpaired) electrons. The number of sulfonamides is 1. The number of hydrogen-bond acceptors (Lipinski definition) is 4. The number of anilines is 1. The first kappa shape index (κ1) is 14.8. The smallest absolute Gasteiger partial charge is 0.265 e. The van der Waals surface area contributed by atoms with Crippen LogP contribution in [0.5, 0.6) is 0 Å². The van der Waals surface area contributed by atoms with Crippen molar-refractivity contribution in [1.82, 2.24) is 10.4 Å². The number of carbonyl (C=O) groups excluding carboxylic acids is 1. The van der Waals surface area contributed by atoms with Crippen LogP contribution < -0.4 is 9.73 Å². The van der Waals surface area contributed by atoms with Gasteiger partial charge in [-0.3, -0.25) is 14.5 Å². The molecule has 0 aromatic heterocycles. The van der Waals surface area contributed by atoms with E-state index in [0.29, 0.717) is 17.7 Å². The van der Waals surface area contributed by atoms with Crippen LogP contribution in [0.15, 0.2) is 18.2 Å². The summed E-state index contributed by atoms with van der Waals surface area (Å²) in [4.78, 5) is 11.9. The van der Waals surface area contributed by atoms with Gasteiger partial charge in [0.15, 0.2) is 0 Å². The predicted octanol–water partition coefficient (Wildman–Crippen LogP) is 0.604. The molecule has 1 heterocycles. The van der Waals surface area contributed by atoms with E-state index < -0.39 is 10.0 Å². The van der Waals surface area contributed by atoms with E-state index >= 15 is 0 Å². The van der Waals surface area contributed by atoms with Crippen molar-refractivity contribution in [3.05, 3.63) is 29.3 Å². The molecule has 1 aromatic carbocycles. The van der Waals surface area contributed by atoms with Gasteiger partial charge in [-0.1, -0.05) is 0 Å². The minimum absolute atomic E-state index is 0.118. The first-order valence-electron chi connectivity index (χ1n) is 6.31. The molecular weight excluding hydrogens is 278 g/mol. The Labute approximate surface area is 119 Å². The van der Waals surface area contributed by atoms with Gasteiger partial charge in [-0.25, -0.2) is 13.4 Å². The maximum atomic E-state index is 11.9. The Kier molecular flexibility index (Phi) is 3.75. The van der Waals surface area contributed by atoms with Crippen LogP contribution >= 0.6 is 0 Å². The summed E-state index contributed by atoms with van der Waals surface area (Å²) < 4.78 is 25.0. The topological polar surface area (TPSA) is 69.7 Å². The van der Waals surface area contributed by atoms with Gasteiger partial charge < -0.3 is 0 Å². The molecule has 6 nitrogen and oxygen atoms in total. The lowest BCUT2D eigenvalue weighted by atomic mass is 10.1. The van der Waals surface area contributed by atoms with Gasteiger partial charge in [-0.2, -0.15) is 0 Å². The van der Waals surface area contributed by atoms with E-state index in [1.54, 1.807) is 37.3 Å². The van der Waals surface area contributed by atoms with Crippen molar-refractivity contribution >= 4 is 21.6 Å². The van der Waals surface area contributed by atoms with Crippen LogP contribution in [0.2, 0.25) is 0 Å². The van der Waals surface area contributed by atoms with Crippen LogP contribution in [-0.4, -0.2) is 45.7 Å². The van der Waals surface area contributed by atoms with Crippen LogP contribution in [0.1, 0.15) is 22.8 Å². The van der Waals surface area contributed by atoms with Gasteiger partial charge >= 0.3 is 0 Å². The van der Waals surface area contributed by atoms with Gasteiger partial charge in [0.05, 0.1) is 11.9 Å². The highest BCUT2D eigenvalue weighted by atomic mass is 32.2. The summed E-state index contributed by atoms with van der Waals surface area (Å²) in [6, 6.07) is 4.99. The van der Waals surface area contributed by atoms with Gasteiger partial charge in [-0.15, -0.1) is 0 Å². The first-order valence-corrected chi connectivity index (χ1v) is 8.15. The summed E-state index contributed by atoms with van der Waals surface area (Å²) in [6.07, 6.45) is 1.82. The lowest BCUT2D eigenvalue weighted by molar-refractivity contribution is 0.0857. The van der Waals surface area contributed by atoms with E-state index in [-0.39, 0.29) is 11.9 Å². The number of fused-ring (bicyclic) bond motifs is 1. The van der Waals surface area contributed by atoms with E-state index in [1.165, 1.54) is 10.6 Å². The highest BCUT2D eigenvalue weighted by Gasteiger charge is 2.32. The molecule has 0 unspecified atom stereocenters. The average Bonchev–Trinajstić information content (AvgIpc) is 2.61. The molecule has 20 heavy (non-hydrogen) atoms. The Bertz CT molecular complexity index is 640. The molecule has 110 valence electrons. The van der Waals surface area contributed by atoms with E-state index in [1.807, 2.05) is 6.92 Å². The zero-order valence-corrected chi connectivity index (χ0v) is 12.9. The molecular formula is C13H19N3O3S. The summed E-state index contributed by atoms with van der Waals surface area (Å²) in [5, 5.41) is 1.57. The summed E-state index contributed by atoms with van der Waals surface area (Å²) in [5.41, 5.74) is 4.74. The summed E-state index contributed by atoms with van der Waals surface area (Å²) in [5.74, 6) is -0.205. The molecule has 1 aliphatic heterocycles. The molecule has 0 saturated heterocycles. The third-order valence-corrected chi connectivity index (χ3v) is 4.45. The Balaban J connectivity index is 2.36. The number of benzene rings is 1. The van der Waals surface area contributed by atoms with Gasteiger partial charge in [0, 0.05) is 25.7 Å². The molecule has 1 atom stereocenters. The lowest BCUT2D eigenvalue weighted by Crippen LogP contribution is -2.36. The Hall–Kier alpha value is -1.60. The van der Waals surface area contributed by atoms with Gasteiger partial charge in [0.2, 0.25) is 10.0 Å². The Morgan fingerprint density at radius 2 is 2.05 bits per heavy atom. The van der Waals surface area contributed by atoms with Crippen LogP contribution in [0, 0.1) is 0 Å². The number of rotatable bonds is 3. The molecule has 0 bridgehead atoms. The van der Waals surface area contributed by atoms with Gasteiger partial charge in [0.1, 0.15) is 0 Å². The molecule has 0 spiro atoms. The van der Waals surface area contributed by atoms with E-state index in [0.717, 1.165) is 5.56 Å². The Morgan fingerprint density at radius 3 is 2.60 bits per heavy atom. The molecule has 0 aliphatic carbocycles. The van der Waals surface area contributed by atoms with Crippen LogP contribution in [-0.2, 0) is 16.4 Å². The third-order valence-electron chi connectivity index (χ3n) is 3.18. The van der Waals surface area contributed by atoms with Crippen LogP contribution in [0.25, 0.3) is 0 Å². The predicted molar refractivity (Wildman–Crippen MR) is 78.1 cm³/mol. The fourth-order valence-electron chi connectivity index (χ4n) is 2.52. The lowest BCUT2D eigenvalue weighted by Gasteiger charge is -2.22. The van der Waals surface area contributed by atoms with Crippen molar-refractivity contribution < 1.29 is 13.2 Å². The SMILES string of the molecule is C[C@H]1Cc2cc(C(=O)NN(C)C)ccc2N1S(C)(=O)=O. The molecule has 0 fully saturated rings. The highest BCUT2D eigenvalue weighted by molar-refractivity contribution is 7.92. The van der Waals surface area contributed by atoms with E-state index in [9.17, 15) is 13.2 Å². The van der Waals surface area contributed by atoms with Crippen LogP contribution in [0.3, 0.4) is 0 Å². The maximum Gasteiger partial charge on any atom is 0.265 e. The number of hydrogen-bond donors (Lipinski definition) is 1. The molecule has 2 rings (SSSR count). The fourth-order valence-corrected chi connectivity index (χ4v) is 3.78. The fraction of sp³-hybridized carbons (Fsp3) is 0.462. The summed E-state index contributed by atoms with van der Waals surface area (Å²) in [6.45, 7) is 1.86. The van der Waals surface area contributed by atoms with Gasteiger partial charge in [-0.05, 0) is 37.1 Å². The second-order valence-electron chi connectivity index (χ2n) is 5.29. The van der Waals surface area contributed by atoms with E-state index in [4.69, 9.17) is 0 Å².